The Morgan fingerprint density at radius 3 is 2.21 bits per heavy atom. The molecule has 4 heteroatoms. The lowest BCUT2D eigenvalue weighted by Crippen LogP contribution is -2.13. The van der Waals surface area contributed by atoms with E-state index in [2.05, 4.69) is 29.8 Å². The smallest absolute Gasteiger partial charge is 0.186 e. The van der Waals surface area contributed by atoms with E-state index >= 15 is 0 Å². The Labute approximate surface area is 95.1 Å². The minimum atomic E-state index is -1.87. The van der Waals surface area contributed by atoms with Crippen LogP contribution in [0.15, 0.2) is 29.2 Å². The van der Waals surface area contributed by atoms with Crippen LogP contribution in [0.5, 0.6) is 0 Å². The van der Waals surface area contributed by atoms with Crippen LogP contribution in [-0.4, -0.2) is 13.1 Å². The van der Waals surface area contributed by atoms with Crippen molar-refractivity contribution in [3.05, 3.63) is 29.8 Å². The average molecular weight is 277 g/mol. The summed E-state index contributed by atoms with van der Waals surface area (Å²) in [6.07, 6.45) is 0.894. The van der Waals surface area contributed by atoms with Gasteiger partial charge in [0.05, 0.1) is 4.90 Å². The second-order valence-electron chi connectivity index (χ2n) is 3.79. The van der Waals surface area contributed by atoms with Gasteiger partial charge in [0, 0.05) is 4.32 Å². The monoisotopic (exact) mass is 276 g/mol. The number of halogens is 1. The average Bonchev–Trinajstić information content (AvgIpc) is 2.02. The van der Waals surface area contributed by atoms with Crippen molar-refractivity contribution in [3.63, 3.8) is 0 Å². The Morgan fingerprint density at radius 1 is 1.36 bits per heavy atom. The van der Waals surface area contributed by atoms with Crippen molar-refractivity contribution in [2.45, 2.75) is 29.5 Å². The first-order chi connectivity index (χ1) is 6.38. The summed E-state index contributed by atoms with van der Waals surface area (Å²) in [4.78, 5) is 0.445. The second-order valence-corrected chi connectivity index (χ2v) is 6.91. The van der Waals surface area contributed by atoms with Crippen LogP contribution >= 0.6 is 15.9 Å². The summed E-state index contributed by atoms with van der Waals surface area (Å²) < 4.78 is 19.6. The van der Waals surface area contributed by atoms with Gasteiger partial charge >= 0.3 is 0 Å². The topological polar surface area (TPSA) is 37.3 Å². The molecule has 1 unspecified atom stereocenters. The van der Waals surface area contributed by atoms with E-state index in [0.29, 0.717) is 4.90 Å². The van der Waals surface area contributed by atoms with Crippen LogP contribution in [0.25, 0.3) is 0 Å². The molecule has 0 fully saturated rings. The third-order valence-corrected chi connectivity index (χ3v) is 2.71. The quantitative estimate of drug-likeness (QED) is 0.681. The van der Waals surface area contributed by atoms with Gasteiger partial charge in [0.15, 0.2) is 11.1 Å². The standard InChI is InChI=1S/C10H13BrO2S/c1-10(2,11)7-8-3-5-9(6-4-8)14(12)13/h3-6H,7H2,1-2H3,(H,12,13). The number of hydrogen-bond donors (Lipinski definition) is 1. The summed E-state index contributed by atoms with van der Waals surface area (Å²) >= 11 is 1.68. The minimum absolute atomic E-state index is 0.0624. The largest absolute Gasteiger partial charge is 0.302 e. The molecule has 14 heavy (non-hydrogen) atoms. The molecular formula is C10H13BrO2S. The van der Waals surface area contributed by atoms with E-state index in [4.69, 9.17) is 4.55 Å². The maximum absolute atomic E-state index is 10.7. The molecule has 0 aromatic heterocycles. The highest BCUT2D eigenvalue weighted by Crippen LogP contribution is 2.22. The molecule has 1 atom stereocenters. The van der Waals surface area contributed by atoms with Crippen LogP contribution in [-0.2, 0) is 17.5 Å². The Kier molecular flexibility index (Phi) is 3.86. The fraction of sp³-hybridized carbons (Fsp3) is 0.400. The molecular weight excluding hydrogens is 264 g/mol. The fourth-order valence-electron chi connectivity index (χ4n) is 1.21. The third-order valence-electron chi connectivity index (χ3n) is 1.75. The molecule has 0 saturated heterocycles. The summed E-state index contributed by atoms with van der Waals surface area (Å²) in [6.45, 7) is 4.18. The summed E-state index contributed by atoms with van der Waals surface area (Å²) in [5.74, 6) is 0. The Morgan fingerprint density at radius 2 is 1.86 bits per heavy atom. The molecule has 1 N–H and O–H groups in total. The van der Waals surface area contributed by atoms with Crippen LogP contribution in [0.2, 0.25) is 0 Å². The third kappa shape index (κ3) is 3.90. The Bertz CT molecular complexity index is 327. The van der Waals surface area contributed by atoms with Crippen molar-refractivity contribution in [3.8, 4) is 0 Å². The zero-order chi connectivity index (χ0) is 10.8. The molecule has 1 rings (SSSR count). The van der Waals surface area contributed by atoms with Gasteiger partial charge in [-0.2, -0.15) is 0 Å². The molecule has 0 saturated carbocycles. The molecule has 0 aliphatic carbocycles. The summed E-state index contributed by atoms with van der Waals surface area (Å²) in [5.41, 5.74) is 1.15. The fourth-order valence-corrected chi connectivity index (χ4v) is 1.90. The zero-order valence-corrected chi connectivity index (χ0v) is 10.6. The Balaban J connectivity index is 2.79. The van der Waals surface area contributed by atoms with Gasteiger partial charge in [0.1, 0.15) is 0 Å². The minimum Gasteiger partial charge on any atom is -0.302 e. The molecule has 0 aliphatic heterocycles. The first-order valence-corrected chi connectivity index (χ1v) is 6.17. The van der Waals surface area contributed by atoms with Crippen molar-refractivity contribution >= 4 is 27.0 Å². The van der Waals surface area contributed by atoms with Crippen LogP contribution in [0.1, 0.15) is 19.4 Å². The number of hydrogen-bond acceptors (Lipinski definition) is 1. The molecule has 0 amide bonds. The van der Waals surface area contributed by atoms with Crippen molar-refractivity contribution in [1.29, 1.82) is 0 Å². The lowest BCUT2D eigenvalue weighted by Gasteiger charge is -2.15. The van der Waals surface area contributed by atoms with E-state index in [9.17, 15) is 4.21 Å². The first kappa shape index (κ1) is 11.9. The van der Waals surface area contributed by atoms with Gasteiger partial charge in [-0.05, 0) is 38.0 Å². The number of benzene rings is 1. The molecule has 2 nitrogen and oxygen atoms in total. The second kappa shape index (κ2) is 4.55. The molecule has 0 aliphatic rings. The molecule has 1 aromatic rings. The summed E-state index contributed by atoms with van der Waals surface area (Å²) in [5, 5.41) is 0. The summed E-state index contributed by atoms with van der Waals surface area (Å²) in [6, 6.07) is 7.13. The normalized spacial score (nSPS) is 14.0. The first-order valence-electron chi connectivity index (χ1n) is 4.27. The van der Waals surface area contributed by atoms with Gasteiger partial charge in [-0.25, -0.2) is 4.21 Å². The molecule has 78 valence electrons. The predicted octanol–water partition coefficient (Wildman–Crippen LogP) is 2.98. The van der Waals surface area contributed by atoms with Gasteiger partial charge in [-0.15, -0.1) is 0 Å². The van der Waals surface area contributed by atoms with Crippen LogP contribution in [0, 0.1) is 0 Å². The predicted molar refractivity (Wildman–Crippen MR) is 62.2 cm³/mol. The van der Waals surface area contributed by atoms with E-state index in [0.717, 1.165) is 12.0 Å². The highest BCUT2D eigenvalue weighted by atomic mass is 79.9. The zero-order valence-electron chi connectivity index (χ0n) is 8.16. The number of alkyl halides is 1. The van der Waals surface area contributed by atoms with Crippen LogP contribution in [0.3, 0.4) is 0 Å². The van der Waals surface area contributed by atoms with E-state index in [1.54, 1.807) is 12.1 Å². The molecule has 0 heterocycles. The van der Waals surface area contributed by atoms with Gasteiger partial charge in [-0.1, -0.05) is 28.1 Å². The van der Waals surface area contributed by atoms with Crippen molar-refractivity contribution < 1.29 is 8.76 Å². The lowest BCUT2D eigenvalue weighted by atomic mass is 10.0. The van der Waals surface area contributed by atoms with Gasteiger partial charge in [0.25, 0.3) is 0 Å². The van der Waals surface area contributed by atoms with Crippen molar-refractivity contribution in [2.75, 3.05) is 0 Å². The maximum atomic E-state index is 10.7. The van der Waals surface area contributed by atoms with Crippen molar-refractivity contribution in [2.24, 2.45) is 0 Å². The van der Waals surface area contributed by atoms with Gasteiger partial charge in [0.2, 0.25) is 0 Å². The maximum Gasteiger partial charge on any atom is 0.186 e. The SMILES string of the molecule is CC(C)(Br)Cc1ccc(S(=O)O)cc1. The van der Waals surface area contributed by atoms with E-state index in [1.807, 2.05) is 12.1 Å². The van der Waals surface area contributed by atoms with E-state index in [1.165, 1.54) is 0 Å². The van der Waals surface area contributed by atoms with E-state index < -0.39 is 11.1 Å². The van der Waals surface area contributed by atoms with Gasteiger partial charge in [-0.3, -0.25) is 0 Å². The molecule has 1 aromatic carbocycles. The summed E-state index contributed by atoms with van der Waals surface area (Å²) in [7, 11) is 0. The lowest BCUT2D eigenvalue weighted by molar-refractivity contribution is 0.564. The highest BCUT2D eigenvalue weighted by Gasteiger charge is 2.13. The van der Waals surface area contributed by atoms with Crippen molar-refractivity contribution in [1.82, 2.24) is 0 Å². The van der Waals surface area contributed by atoms with E-state index in [-0.39, 0.29) is 4.32 Å². The molecule has 0 bridgehead atoms. The molecule has 0 radical (unpaired) electrons. The van der Waals surface area contributed by atoms with Gasteiger partial charge < -0.3 is 4.55 Å². The highest BCUT2D eigenvalue weighted by molar-refractivity contribution is 9.10. The van der Waals surface area contributed by atoms with Crippen LogP contribution < -0.4 is 0 Å². The number of rotatable bonds is 3. The van der Waals surface area contributed by atoms with Crippen LogP contribution in [0.4, 0.5) is 0 Å². The Hall–Kier alpha value is -0.190. The molecule has 0 spiro atoms.